The zero-order valence-electron chi connectivity index (χ0n) is 32.3. The molecular formula is C42H53N5O6S. The van der Waals surface area contributed by atoms with Crippen molar-refractivity contribution in [2.75, 3.05) is 26.0 Å². The number of ether oxygens (including phenoxy) is 1. The summed E-state index contributed by atoms with van der Waals surface area (Å²) >= 11 is 1.29. The van der Waals surface area contributed by atoms with Gasteiger partial charge in [-0.2, -0.15) is 0 Å². The molecule has 6 rings (SSSR count). The number of carbonyl (C=O) groups excluding carboxylic acids is 1. The number of hydrogen-bond donors (Lipinski definition) is 6. The number of aliphatic hydroxyl groups excluding tert-OH is 4. The molecule has 0 radical (unpaired) electrons. The molecule has 0 aromatic carbocycles. The quantitative estimate of drug-likeness (QED) is 0.129. The molecule has 0 aliphatic carbocycles. The van der Waals surface area contributed by atoms with E-state index in [1.54, 1.807) is 11.9 Å². The normalized spacial score (nSPS) is 21.6. The van der Waals surface area contributed by atoms with E-state index in [4.69, 9.17) is 14.7 Å². The smallest absolute Gasteiger partial charge is 0.222 e. The fourth-order valence-electron chi connectivity index (χ4n) is 7.59. The van der Waals surface area contributed by atoms with Gasteiger partial charge in [0.1, 0.15) is 29.9 Å². The molecule has 5 atom stereocenters. The molecule has 3 aliphatic rings. The van der Waals surface area contributed by atoms with Gasteiger partial charge in [-0.1, -0.05) is 19.6 Å². The van der Waals surface area contributed by atoms with Gasteiger partial charge in [0.2, 0.25) is 5.91 Å². The third-order valence-electron chi connectivity index (χ3n) is 11.1. The van der Waals surface area contributed by atoms with Crippen LogP contribution in [0.1, 0.15) is 85.1 Å². The highest BCUT2D eigenvalue weighted by Crippen LogP contribution is 2.38. The summed E-state index contributed by atoms with van der Waals surface area (Å²) in [6, 6.07) is 8.51. The van der Waals surface area contributed by atoms with E-state index in [9.17, 15) is 25.2 Å². The van der Waals surface area contributed by atoms with E-state index in [-0.39, 0.29) is 5.91 Å². The van der Waals surface area contributed by atoms with Crippen LogP contribution in [0.15, 0.2) is 36.9 Å². The lowest BCUT2D eigenvalue weighted by Crippen LogP contribution is -2.57. The molecule has 1 fully saturated rings. The first-order valence-electron chi connectivity index (χ1n) is 18.7. The molecule has 1 amide bonds. The van der Waals surface area contributed by atoms with Crippen LogP contribution < -0.4 is 0 Å². The standard InChI is InChI=1S/C42H53N5O6S/c1-9-26-23(5)32-19-35-27(10-2)22(4)31(44-35)18-33-24(6)28(38(46-33)25(7)30-16-21(3)29(43-30)17-34(26)45-32)12-13-37(49)47(8)14-11-15-54-42-41(52)40(51)39(50)36(20-48)53-42/h10,16-19,36,39-43,45,48,50-52H,2,9,11-15,20H2,1,3-8H3/t36-,39-,40+,41-,42+/m1/s1. The first kappa shape index (κ1) is 39.6. The first-order chi connectivity index (χ1) is 25.8. The maximum Gasteiger partial charge on any atom is 0.222 e. The van der Waals surface area contributed by atoms with Crippen molar-refractivity contribution in [3.05, 3.63) is 81.9 Å². The van der Waals surface area contributed by atoms with Crippen LogP contribution in [0.3, 0.4) is 0 Å². The third kappa shape index (κ3) is 7.60. The summed E-state index contributed by atoms with van der Waals surface area (Å²) in [6.45, 7) is 16.8. The molecule has 54 heavy (non-hydrogen) atoms. The van der Waals surface area contributed by atoms with Crippen LogP contribution in [0.4, 0.5) is 0 Å². The summed E-state index contributed by atoms with van der Waals surface area (Å²) in [6.07, 6.45) is -0.820. The number of fused-ring (bicyclic) bond motifs is 8. The second kappa shape index (κ2) is 16.4. The molecule has 6 N–H and O–H groups in total. The predicted octanol–water partition coefficient (Wildman–Crippen LogP) is 6.01. The van der Waals surface area contributed by atoms with Crippen LogP contribution in [0.2, 0.25) is 0 Å². The van der Waals surface area contributed by atoms with E-state index >= 15 is 0 Å². The Morgan fingerprint density at radius 1 is 0.907 bits per heavy atom. The molecule has 1 saturated heterocycles. The molecule has 3 aromatic heterocycles. The van der Waals surface area contributed by atoms with Crippen molar-refractivity contribution >= 4 is 62.0 Å². The van der Waals surface area contributed by atoms with Crippen LogP contribution in [-0.2, 0) is 16.0 Å². The number of allylic oxidation sites excluding steroid dienone is 5. The van der Waals surface area contributed by atoms with E-state index in [2.05, 4.69) is 76.3 Å². The van der Waals surface area contributed by atoms with Crippen LogP contribution in [0.5, 0.6) is 0 Å². The van der Waals surface area contributed by atoms with Gasteiger partial charge in [0, 0.05) is 47.7 Å². The number of amides is 1. The van der Waals surface area contributed by atoms with E-state index in [0.29, 0.717) is 31.6 Å². The Kier molecular flexibility index (Phi) is 12.0. The summed E-state index contributed by atoms with van der Waals surface area (Å²) in [5, 5.41) is 40.0. The maximum atomic E-state index is 13.5. The number of thioether (sulfide) groups is 1. The molecule has 3 aliphatic heterocycles. The minimum absolute atomic E-state index is 0.00470. The molecule has 8 bridgehead atoms. The van der Waals surface area contributed by atoms with Gasteiger partial charge < -0.3 is 40.0 Å². The van der Waals surface area contributed by atoms with Gasteiger partial charge in [0.25, 0.3) is 0 Å². The minimum atomic E-state index is -1.40. The average molecular weight is 756 g/mol. The van der Waals surface area contributed by atoms with Crippen LogP contribution in [0.25, 0.3) is 44.4 Å². The van der Waals surface area contributed by atoms with Crippen molar-refractivity contribution in [1.29, 1.82) is 0 Å². The van der Waals surface area contributed by atoms with E-state index in [0.717, 1.165) is 84.7 Å². The van der Waals surface area contributed by atoms with Gasteiger partial charge in [0.05, 0.1) is 29.4 Å². The van der Waals surface area contributed by atoms with Gasteiger partial charge in [-0.05, 0) is 123 Å². The number of aromatic amines is 2. The minimum Gasteiger partial charge on any atom is -0.394 e. The number of aliphatic hydroxyl groups is 4. The van der Waals surface area contributed by atoms with Crippen molar-refractivity contribution in [2.24, 2.45) is 0 Å². The summed E-state index contributed by atoms with van der Waals surface area (Å²) in [7, 11) is 1.79. The largest absolute Gasteiger partial charge is 0.394 e. The van der Waals surface area contributed by atoms with Crippen molar-refractivity contribution in [3.8, 4) is 0 Å². The number of aryl methyl sites for hydroxylation is 4. The SMILES string of the molecule is C=CC1=C(C)c2cc3nc(c(C)c4cc(C)c(cc5[nH]c(cc1n2)c(C)c5CC)[nH]4)C(CCC(=O)N(C)CCCS[C@@H]1O[C@H](CO)[C@@H](O)[C@H](O)[C@H]1O)=C3C. The first-order valence-corrected chi connectivity index (χ1v) is 19.7. The van der Waals surface area contributed by atoms with Crippen LogP contribution >= 0.6 is 11.8 Å². The molecule has 0 saturated carbocycles. The Labute approximate surface area is 320 Å². The van der Waals surface area contributed by atoms with Gasteiger partial charge in [-0.3, -0.25) is 4.79 Å². The van der Waals surface area contributed by atoms with Crippen molar-refractivity contribution in [3.63, 3.8) is 0 Å². The third-order valence-corrected chi connectivity index (χ3v) is 12.4. The number of hydrogen-bond acceptors (Lipinski definition) is 9. The lowest BCUT2D eigenvalue weighted by molar-refractivity contribution is -0.205. The number of aromatic nitrogens is 4. The van der Waals surface area contributed by atoms with Crippen molar-refractivity contribution in [2.45, 2.75) is 97.1 Å². The number of nitrogens with zero attached hydrogens (tertiary/aromatic N) is 3. The number of nitrogens with one attached hydrogen (secondary N) is 2. The summed E-state index contributed by atoms with van der Waals surface area (Å²) in [4.78, 5) is 32.8. The molecule has 6 heterocycles. The molecule has 12 heteroatoms. The Morgan fingerprint density at radius 3 is 2.31 bits per heavy atom. The second-order valence-corrected chi connectivity index (χ2v) is 15.8. The zero-order valence-corrected chi connectivity index (χ0v) is 33.1. The van der Waals surface area contributed by atoms with Gasteiger partial charge in [-0.25, -0.2) is 9.97 Å². The van der Waals surface area contributed by atoms with E-state index in [1.165, 1.54) is 22.9 Å². The molecule has 0 spiro atoms. The lowest BCUT2D eigenvalue weighted by Gasteiger charge is -2.39. The molecule has 11 nitrogen and oxygen atoms in total. The lowest BCUT2D eigenvalue weighted by atomic mass is 9.98. The van der Waals surface area contributed by atoms with Gasteiger partial charge in [-0.15, -0.1) is 11.8 Å². The molecule has 0 unspecified atom stereocenters. The van der Waals surface area contributed by atoms with E-state index in [1.807, 2.05) is 12.1 Å². The Bertz CT molecular complexity index is 2180. The highest BCUT2D eigenvalue weighted by Gasteiger charge is 2.43. The number of H-pyrrole nitrogens is 2. The number of carbonyl (C=O) groups is 1. The molecule has 288 valence electrons. The Morgan fingerprint density at radius 2 is 1.61 bits per heavy atom. The fourth-order valence-corrected chi connectivity index (χ4v) is 8.70. The highest BCUT2D eigenvalue weighted by molar-refractivity contribution is 7.99. The Balaban J connectivity index is 1.29. The van der Waals surface area contributed by atoms with E-state index < -0.39 is 36.5 Å². The van der Waals surface area contributed by atoms with Gasteiger partial charge in [0.15, 0.2) is 0 Å². The van der Waals surface area contributed by atoms with Crippen molar-refractivity contribution < 1.29 is 30.0 Å². The summed E-state index contributed by atoms with van der Waals surface area (Å²) in [5.74, 6) is 0.552. The molecule has 3 aromatic rings. The number of rotatable bonds is 11. The fraction of sp³-hybridized carbons (Fsp3) is 0.452. The monoisotopic (exact) mass is 755 g/mol. The molecular weight excluding hydrogens is 703 g/mol. The van der Waals surface area contributed by atoms with Gasteiger partial charge >= 0.3 is 0 Å². The highest BCUT2D eigenvalue weighted by atomic mass is 32.2. The summed E-state index contributed by atoms with van der Waals surface area (Å²) < 4.78 is 5.60. The summed E-state index contributed by atoms with van der Waals surface area (Å²) in [5.41, 5.74) is 15.3. The zero-order chi connectivity index (χ0) is 39.0. The second-order valence-electron chi connectivity index (χ2n) is 14.6. The van der Waals surface area contributed by atoms with Crippen LogP contribution in [0, 0.1) is 20.8 Å². The van der Waals surface area contributed by atoms with Crippen molar-refractivity contribution in [1.82, 2.24) is 24.8 Å². The average Bonchev–Trinajstić information content (AvgIpc) is 3.86. The maximum absolute atomic E-state index is 13.5. The predicted molar refractivity (Wildman–Crippen MR) is 217 cm³/mol. The Hall–Kier alpha value is -4.04. The van der Waals surface area contributed by atoms with Crippen LogP contribution in [-0.4, -0.2) is 107 Å². The topological polar surface area (TPSA) is 168 Å².